The zero-order chi connectivity index (χ0) is 23.7. The highest BCUT2D eigenvalue weighted by atomic mass is 32.2. The van der Waals surface area contributed by atoms with Gasteiger partial charge in [-0.1, -0.05) is 6.07 Å². The topological polar surface area (TPSA) is 92.2 Å². The van der Waals surface area contributed by atoms with E-state index in [0.29, 0.717) is 10.8 Å². The van der Waals surface area contributed by atoms with Crippen LogP contribution in [-0.4, -0.2) is 34.3 Å². The van der Waals surface area contributed by atoms with E-state index in [4.69, 9.17) is 12.2 Å². The Balaban J connectivity index is 1.60. The molecule has 0 spiro atoms. The van der Waals surface area contributed by atoms with Crippen molar-refractivity contribution in [2.75, 3.05) is 15.9 Å². The fourth-order valence-electron chi connectivity index (χ4n) is 4.20. The van der Waals surface area contributed by atoms with E-state index in [-0.39, 0.29) is 12.1 Å². The van der Waals surface area contributed by atoms with Crippen LogP contribution in [0.2, 0.25) is 0 Å². The molecule has 2 N–H and O–H groups in total. The number of nitrogens with zero attached hydrogens (tertiary/aromatic N) is 4. The van der Waals surface area contributed by atoms with Gasteiger partial charge in [0, 0.05) is 35.7 Å². The molecule has 1 aromatic carbocycles. The normalized spacial score (nSPS) is 18.0. The molecule has 4 heterocycles. The van der Waals surface area contributed by atoms with Gasteiger partial charge in [-0.25, -0.2) is 8.42 Å². The third-order valence-electron chi connectivity index (χ3n) is 5.55. The van der Waals surface area contributed by atoms with Crippen LogP contribution in [0.3, 0.4) is 0 Å². The second-order valence-corrected chi connectivity index (χ2v) is 10.1. The van der Waals surface area contributed by atoms with E-state index in [1.807, 2.05) is 65.8 Å². The highest BCUT2D eigenvalue weighted by Crippen LogP contribution is 2.42. The van der Waals surface area contributed by atoms with Crippen molar-refractivity contribution in [2.45, 2.75) is 12.1 Å². The predicted molar refractivity (Wildman–Crippen MR) is 136 cm³/mol. The van der Waals surface area contributed by atoms with E-state index in [1.165, 1.54) is 0 Å². The second kappa shape index (κ2) is 8.88. The van der Waals surface area contributed by atoms with Crippen LogP contribution in [0.25, 0.3) is 5.69 Å². The van der Waals surface area contributed by atoms with Gasteiger partial charge in [-0.2, -0.15) is 0 Å². The zero-order valence-electron chi connectivity index (χ0n) is 18.2. The Morgan fingerprint density at radius 1 is 0.971 bits per heavy atom. The predicted octanol–water partition coefficient (Wildman–Crippen LogP) is 3.82. The van der Waals surface area contributed by atoms with Crippen LogP contribution >= 0.6 is 12.2 Å². The molecule has 1 aliphatic heterocycles. The standard InChI is InChI=1S/C24H22N6O2S2/c1-34(31,32)28-17-9-11-18(12-10-17)30-23(22(27-24(30)33)20-7-2-3-14-26-20)21-8-5-15-29(21)19-6-4-13-25-16-19/h2-16,22-23,28H,1H3,(H,27,33)/t22-,23+/m1/s1. The van der Waals surface area contributed by atoms with Crippen LogP contribution < -0.4 is 14.9 Å². The van der Waals surface area contributed by atoms with Gasteiger partial charge in [0.25, 0.3) is 0 Å². The summed E-state index contributed by atoms with van der Waals surface area (Å²) in [5.74, 6) is 0. The molecule has 2 atom stereocenters. The van der Waals surface area contributed by atoms with Gasteiger partial charge in [0.05, 0.1) is 29.9 Å². The maximum absolute atomic E-state index is 11.6. The van der Waals surface area contributed by atoms with Gasteiger partial charge in [-0.05, 0) is 72.9 Å². The van der Waals surface area contributed by atoms with Crippen LogP contribution in [-0.2, 0) is 10.0 Å². The number of sulfonamides is 1. The van der Waals surface area contributed by atoms with E-state index in [9.17, 15) is 8.42 Å². The largest absolute Gasteiger partial charge is 0.351 e. The van der Waals surface area contributed by atoms with Crippen molar-refractivity contribution in [3.05, 3.63) is 103 Å². The van der Waals surface area contributed by atoms with Crippen LogP contribution in [0.4, 0.5) is 11.4 Å². The Hall–Kier alpha value is -3.76. The molecular weight excluding hydrogens is 468 g/mol. The van der Waals surface area contributed by atoms with Gasteiger partial charge >= 0.3 is 0 Å². The van der Waals surface area contributed by atoms with Crippen molar-refractivity contribution >= 4 is 38.7 Å². The lowest BCUT2D eigenvalue weighted by Gasteiger charge is -2.29. The minimum absolute atomic E-state index is 0.201. The molecule has 3 aromatic heterocycles. The van der Waals surface area contributed by atoms with E-state index in [0.717, 1.165) is 29.0 Å². The summed E-state index contributed by atoms with van der Waals surface area (Å²) in [5, 5.41) is 4.00. The number of rotatable bonds is 6. The van der Waals surface area contributed by atoms with E-state index in [2.05, 4.69) is 30.6 Å². The van der Waals surface area contributed by atoms with Crippen LogP contribution in [0.15, 0.2) is 91.5 Å². The van der Waals surface area contributed by atoms with Crippen molar-refractivity contribution in [1.82, 2.24) is 19.9 Å². The van der Waals surface area contributed by atoms with Gasteiger partial charge in [0.1, 0.15) is 6.04 Å². The summed E-state index contributed by atoms with van der Waals surface area (Å²) < 4.78 is 27.8. The summed E-state index contributed by atoms with van der Waals surface area (Å²) in [6, 6.07) is 20.5. The number of nitrogens with one attached hydrogen (secondary N) is 2. The molecule has 0 bridgehead atoms. The first kappa shape index (κ1) is 22.1. The molecule has 8 nitrogen and oxygen atoms in total. The average molecular weight is 491 g/mol. The molecule has 1 saturated heterocycles. The van der Waals surface area contributed by atoms with Crippen molar-refractivity contribution in [2.24, 2.45) is 0 Å². The molecule has 172 valence electrons. The minimum Gasteiger partial charge on any atom is -0.351 e. The first-order valence-corrected chi connectivity index (χ1v) is 12.9. The lowest BCUT2D eigenvalue weighted by atomic mass is 10.0. The Morgan fingerprint density at radius 2 is 1.79 bits per heavy atom. The van der Waals surface area contributed by atoms with Gasteiger partial charge in [-0.15, -0.1) is 0 Å². The number of benzene rings is 1. The molecule has 34 heavy (non-hydrogen) atoms. The highest BCUT2D eigenvalue weighted by Gasteiger charge is 2.42. The SMILES string of the molecule is CS(=O)(=O)Nc1ccc(N2C(=S)N[C@H](c3ccccn3)[C@@H]2c2cccn2-c2cccnc2)cc1. The van der Waals surface area contributed by atoms with Gasteiger partial charge < -0.3 is 14.8 Å². The van der Waals surface area contributed by atoms with Gasteiger partial charge in [0.2, 0.25) is 10.0 Å². The quantitative estimate of drug-likeness (QED) is 0.397. The molecule has 0 aliphatic carbocycles. The van der Waals surface area contributed by atoms with Crippen LogP contribution in [0.1, 0.15) is 23.5 Å². The molecule has 1 fully saturated rings. The van der Waals surface area contributed by atoms with Crippen LogP contribution in [0.5, 0.6) is 0 Å². The summed E-state index contributed by atoms with van der Waals surface area (Å²) in [6.07, 6.45) is 8.45. The highest BCUT2D eigenvalue weighted by molar-refractivity contribution is 7.92. The van der Waals surface area contributed by atoms with Crippen molar-refractivity contribution in [1.29, 1.82) is 0 Å². The Morgan fingerprint density at radius 3 is 2.47 bits per heavy atom. The third-order valence-corrected chi connectivity index (χ3v) is 6.48. The van der Waals surface area contributed by atoms with E-state index < -0.39 is 10.0 Å². The smallest absolute Gasteiger partial charge is 0.229 e. The summed E-state index contributed by atoms with van der Waals surface area (Å²) in [5.41, 5.74) is 4.13. The summed E-state index contributed by atoms with van der Waals surface area (Å²) >= 11 is 5.78. The molecule has 0 radical (unpaired) electrons. The molecular formula is C24H22N6O2S2. The Labute approximate surface area is 203 Å². The second-order valence-electron chi connectivity index (χ2n) is 7.93. The monoisotopic (exact) mass is 490 g/mol. The Kier molecular flexibility index (Phi) is 5.76. The maximum Gasteiger partial charge on any atom is 0.229 e. The number of hydrogen-bond donors (Lipinski definition) is 2. The van der Waals surface area contributed by atoms with Crippen molar-refractivity contribution in [3.63, 3.8) is 0 Å². The van der Waals surface area contributed by atoms with Gasteiger partial charge in [0.15, 0.2) is 5.11 Å². The fraction of sp³-hybridized carbons (Fsp3) is 0.125. The molecule has 1 aliphatic rings. The summed E-state index contributed by atoms with van der Waals surface area (Å²) in [4.78, 5) is 10.9. The van der Waals surface area contributed by atoms with Crippen molar-refractivity contribution < 1.29 is 8.42 Å². The number of thiocarbonyl (C=S) groups is 1. The number of pyridine rings is 2. The summed E-state index contributed by atoms with van der Waals surface area (Å²) in [7, 11) is -3.37. The van der Waals surface area contributed by atoms with E-state index >= 15 is 0 Å². The third kappa shape index (κ3) is 4.37. The zero-order valence-corrected chi connectivity index (χ0v) is 19.9. The molecule has 4 aromatic rings. The summed E-state index contributed by atoms with van der Waals surface area (Å²) in [6.45, 7) is 0. The number of hydrogen-bond acceptors (Lipinski definition) is 5. The minimum atomic E-state index is -3.37. The number of aromatic nitrogens is 3. The first-order chi connectivity index (χ1) is 16.4. The van der Waals surface area contributed by atoms with Gasteiger partial charge in [-0.3, -0.25) is 14.7 Å². The average Bonchev–Trinajstić information content (AvgIpc) is 3.44. The van der Waals surface area contributed by atoms with Crippen LogP contribution in [0, 0.1) is 0 Å². The molecule has 5 rings (SSSR count). The first-order valence-electron chi connectivity index (χ1n) is 10.6. The maximum atomic E-state index is 11.6. The Bertz CT molecular complexity index is 1410. The fourth-order valence-corrected chi connectivity index (χ4v) is 5.11. The lowest BCUT2D eigenvalue weighted by molar-refractivity contribution is 0.549. The molecule has 10 heteroatoms. The molecule has 0 amide bonds. The lowest BCUT2D eigenvalue weighted by Crippen LogP contribution is -2.30. The van der Waals surface area contributed by atoms with E-state index in [1.54, 1.807) is 24.5 Å². The molecule has 0 saturated carbocycles. The number of anilines is 2. The van der Waals surface area contributed by atoms with Crippen molar-refractivity contribution in [3.8, 4) is 5.69 Å². The molecule has 0 unspecified atom stereocenters.